The number of hydrogen-bond acceptors (Lipinski definition) is 7. The van der Waals surface area contributed by atoms with Crippen molar-refractivity contribution in [1.29, 1.82) is 0 Å². The minimum atomic E-state index is -3.19. The number of nitrogens with zero attached hydrogens (tertiary/aromatic N) is 2. The number of sulfone groups is 1. The molecule has 2 aromatic rings. The number of rotatable bonds is 9. The van der Waals surface area contributed by atoms with Crippen LogP contribution in [0.5, 0.6) is 11.5 Å². The molecule has 9 nitrogen and oxygen atoms in total. The Morgan fingerprint density at radius 2 is 1.90 bits per heavy atom. The fourth-order valence-electron chi connectivity index (χ4n) is 3.41. The van der Waals surface area contributed by atoms with Crippen LogP contribution in [-0.4, -0.2) is 54.9 Å². The van der Waals surface area contributed by atoms with E-state index < -0.39 is 20.8 Å². The first kappa shape index (κ1) is 22.5. The summed E-state index contributed by atoms with van der Waals surface area (Å²) in [5, 5.41) is 10.9. The van der Waals surface area contributed by atoms with Gasteiger partial charge in [-0.15, -0.1) is 0 Å². The van der Waals surface area contributed by atoms with Crippen molar-refractivity contribution >= 4 is 21.4 Å². The second kappa shape index (κ2) is 9.78. The van der Waals surface area contributed by atoms with Gasteiger partial charge in [-0.3, -0.25) is 14.9 Å². The molecule has 0 bridgehead atoms. The monoisotopic (exact) mass is 448 g/mol. The first-order chi connectivity index (χ1) is 14.8. The maximum Gasteiger partial charge on any atom is 0.273 e. The summed E-state index contributed by atoms with van der Waals surface area (Å²) in [4.78, 5) is 24.8. The molecular weight excluding hydrogens is 424 g/mol. The minimum Gasteiger partial charge on any atom is -0.494 e. The van der Waals surface area contributed by atoms with E-state index in [-0.39, 0.29) is 42.0 Å². The van der Waals surface area contributed by atoms with E-state index in [9.17, 15) is 23.3 Å². The maximum absolute atomic E-state index is 13.0. The number of hydrogen-bond donors (Lipinski definition) is 0. The Morgan fingerprint density at radius 1 is 1.16 bits per heavy atom. The molecule has 0 radical (unpaired) electrons. The Labute approximate surface area is 180 Å². The molecule has 1 aliphatic rings. The van der Waals surface area contributed by atoms with Crippen molar-refractivity contribution in [2.24, 2.45) is 0 Å². The highest BCUT2D eigenvalue weighted by atomic mass is 32.2. The standard InChI is InChI=1S/C21H24N2O7S/c1-2-29-19-8-6-16(7-9-19)13-22(18-10-11-31(27,28)15-18)21(24)14-30-20-5-3-4-17(12-20)23(25)26/h3-9,12,18H,2,10-11,13-15H2,1H3. The van der Waals surface area contributed by atoms with Gasteiger partial charge in [0.2, 0.25) is 0 Å². The summed E-state index contributed by atoms with van der Waals surface area (Å²) in [6, 6.07) is 12.4. The normalized spacial score (nSPS) is 17.1. The highest BCUT2D eigenvalue weighted by molar-refractivity contribution is 7.91. The Bertz CT molecular complexity index is 1040. The predicted molar refractivity (Wildman–Crippen MR) is 114 cm³/mol. The first-order valence-electron chi connectivity index (χ1n) is 9.86. The van der Waals surface area contributed by atoms with Crippen molar-refractivity contribution in [3.63, 3.8) is 0 Å². The fraction of sp³-hybridized carbons (Fsp3) is 0.381. The molecule has 1 unspecified atom stereocenters. The average Bonchev–Trinajstić information content (AvgIpc) is 3.11. The summed E-state index contributed by atoms with van der Waals surface area (Å²) in [6.07, 6.45) is 0.363. The second-order valence-corrected chi connectivity index (χ2v) is 9.43. The fourth-order valence-corrected chi connectivity index (χ4v) is 5.14. The van der Waals surface area contributed by atoms with Gasteiger partial charge >= 0.3 is 0 Å². The molecule has 1 fully saturated rings. The largest absolute Gasteiger partial charge is 0.494 e. The van der Waals surface area contributed by atoms with Crippen LogP contribution in [0.25, 0.3) is 0 Å². The summed E-state index contributed by atoms with van der Waals surface area (Å²) in [6.45, 7) is 2.30. The summed E-state index contributed by atoms with van der Waals surface area (Å²) >= 11 is 0. The van der Waals surface area contributed by atoms with Gasteiger partial charge in [0.25, 0.3) is 11.6 Å². The zero-order valence-corrected chi connectivity index (χ0v) is 17.9. The van der Waals surface area contributed by atoms with Gasteiger partial charge in [-0.25, -0.2) is 8.42 Å². The molecule has 0 N–H and O–H groups in total. The SMILES string of the molecule is CCOc1ccc(CN(C(=O)COc2cccc([N+](=O)[O-])c2)C2CCS(=O)(=O)C2)cc1. The highest BCUT2D eigenvalue weighted by Gasteiger charge is 2.34. The Morgan fingerprint density at radius 3 is 2.52 bits per heavy atom. The number of nitro groups is 1. The van der Waals surface area contributed by atoms with Gasteiger partial charge in [-0.1, -0.05) is 18.2 Å². The predicted octanol–water partition coefficient (Wildman–Crippen LogP) is 2.59. The third-order valence-corrected chi connectivity index (χ3v) is 6.70. The molecule has 0 spiro atoms. The lowest BCUT2D eigenvalue weighted by Crippen LogP contribution is -2.43. The molecule has 166 valence electrons. The van der Waals surface area contributed by atoms with Crippen molar-refractivity contribution in [2.45, 2.75) is 25.9 Å². The van der Waals surface area contributed by atoms with Crippen molar-refractivity contribution in [1.82, 2.24) is 4.90 Å². The zero-order valence-electron chi connectivity index (χ0n) is 17.1. The van der Waals surface area contributed by atoms with E-state index in [1.807, 2.05) is 19.1 Å². The van der Waals surface area contributed by atoms with E-state index in [0.717, 1.165) is 5.56 Å². The zero-order chi connectivity index (χ0) is 22.4. The number of non-ortho nitro benzene ring substituents is 1. The second-order valence-electron chi connectivity index (χ2n) is 7.20. The summed E-state index contributed by atoms with van der Waals surface area (Å²) in [5.41, 5.74) is 0.689. The highest BCUT2D eigenvalue weighted by Crippen LogP contribution is 2.23. The summed E-state index contributed by atoms with van der Waals surface area (Å²) < 4.78 is 34.8. The lowest BCUT2D eigenvalue weighted by molar-refractivity contribution is -0.384. The first-order valence-corrected chi connectivity index (χ1v) is 11.7. The van der Waals surface area contributed by atoms with Gasteiger partial charge in [-0.2, -0.15) is 0 Å². The van der Waals surface area contributed by atoms with Crippen LogP contribution in [0.15, 0.2) is 48.5 Å². The van der Waals surface area contributed by atoms with Crippen LogP contribution in [0, 0.1) is 10.1 Å². The Balaban J connectivity index is 1.73. The van der Waals surface area contributed by atoms with E-state index in [1.54, 1.807) is 12.1 Å². The molecule has 1 saturated heterocycles. The number of ether oxygens (including phenoxy) is 2. The van der Waals surface area contributed by atoms with Crippen molar-refractivity contribution in [2.75, 3.05) is 24.7 Å². The average molecular weight is 448 g/mol. The van der Waals surface area contributed by atoms with E-state index in [0.29, 0.717) is 18.8 Å². The number of amides is 1. The van der Waals surface area contributed by atoms with Crippen LogP contribution in [-0.2, 0) is 21.2 Å². The molecule has 0 aliphatic carbocycles. The van der Waals surface area contributed by atoms with Crippen LogP contribution in [0.4, 0.5) is 5.69 Å². The number of carbonyl (C=O) groups is 1. The van der Waals surface area contributed by atoms with Crippen LogP contribution >= 0.6 is 0 Å². The van der Waals surface area contributed by atoms with Crippen LogP contribution in [0.2, 0.25) is 0 Å². The van der Waals surface area contributed by atoms with Gasteiger partial charge in [-0.05, 0) is 37.1 Å². The van der Waals surface area contributed by atoms with E-state index >= 15 is 0 Å². The van der Waals surface area contributed by atoms with Crippen molar-refractivity contribution < 1.29 is 27.6 Å². The van der Waals surface area contributed by atoms with Crippen LogP contribution in [0.3, 0.4) is 0 Å². The number of benzene rings is 2. The Kier molecular flexibility index (Phi) is 7.11. The van der Waals surface area contributed by atoms with Gasteiger partial charge in [0.1, 0.15) is 11.5 Å². The van der Waals surface area contributed by atoms with Crippen LogP contribution in [0.1, 0.15) is 18.9 Å². The molecule has 1 amide bonds. The minimum absolute atomic E-state index is 0.0382. The van der Waals surface area contributed by atoms with Gasteiger partial charge < -0.3 is 14.4 Å². The smallest absolute Gasteiger partial charge is 0.273 e. The maximum atomic E-state index is 13.0. The van der Waals surface area contributed by atoms with Crippen LogP contribution < -0.4 is 9.47 Å². The molecule has 1 heterocycles. The summed E-state index contributed by atoms with van der Waals surface area (Å²) in [5.74, 6) is 0.468. The third kappa shape index (κ3) is 6.17. The molecule has 31 heavy (non-hydrogen) atoms. The molecule has 2 aromatic carbocycles. The molecular formula is C21H24N2O7S. The molecule has 0 aromatic heterocycles. The topological polar surface area (TPSA) is 116 Å². The number of carbonyl (C=O) groups excluding carboxylic acids is 1. The van der Waals surface area contributed by atoms with Crippen molar-refractivity contribution in [3.8, 4) is 11.5 Å². The van der Waals surface area contributed by atoms with Gasteiger partial charge in [0.15, 0.2) is 16.4 Å². The van der Waals surface area contributed by atoms with Gasteiger partial charge in [0, 0.05) is 18.7 Å². The third-order valence-electron chi connectivity index (χ3n) is 4.95. The molecule has 1 atom stereocenters. The quantitative estimate of drug-likeness (QED) is 0.428. The van der Waals surface area contributed by atoms with E-state index in [4.69, 9.17) is 9.47 Å². The van der Waals surface area contributed by atoms with E-state index in [1.165, 1.54) is 29.2 Å². The lowest BCUT2D eigenvalue weighted by Gasteiger charge is -2.28. The molecule has 0 saturated carbocycles. The lowest BCUT2D eigenvalue weighted by atomic mass is 10.1. The number of nitro benzene ring substituents is 1. The summed E-state index contributed by atoms with van der Waals surface area (Å²) in [7, 11) is -3.19. The van der Waals surface area contributed by atoms with E-state index in [2.05, 4.69) is 0 Å². The molecule has 3 rings (SSSR count). The molecule has 10 heteroatoms. The van der Waals surface area contributed by atoms with Crippen molar-refractivity contribution in [3.05, 3.63) is 64.2 Å². The Hall–Kier alpha value is -3.14. The van der Waals surface area contributed by atoms with Gasteiger partial charge in [0.05, 0.1) is 29.1 Å². The molecule has 1 aliphatic heterocycles.